The summed E-state index contributed by atoms with van der Waals surface area (Å²) >= 11 is 0. The van der Waals surface area contributed by atoms with Crippen LogP contribution in [0.2, 0.25) is 0 Å². The van der Waals surface area contributed by atoms with E-state index in [0.29, 0.717) is 0 Å². The third-order valence-electron chi connectivity index (χ3n) is 1.48. The molecule has 0 spiro atoms. The van der Waals surface area contributed by atoms with Gasteiger partial charge in [0.25, 0.3) is 0 Å². The summed E-state index contributed by atoms with van der Waals surface area (Å²) in [6.45, 7) is 2.00. The minimum Gasteiger partial charge on any atom is -0.346 e. The molecule has 0 unspecified atom stereocenters. The Kier molecular flexibility index (Phi) is 4.19. The van der Waals surface area contributed by atoms with Crippen molar-refractivity contribution in [2.45, 2.75) is 26.1 Å². The highest BCUT2D eigenvalue weighted by atomic mass is 19.4. The Morgan fingerprint density at radius 1 is 1.46 bits per heavy atom. The first kappa shape index (κ1) is 12.2. The van der Waals surface area contributed by atoms with Crippen molar-refractivity contribution in [1.29, 1.82) is 0 Å². The van der Waals surface area contributed by atoms with E-state index in [1.807, 2.05) is 0 Å². The van der Waals surface area contributed by atoms with Crippen molar-refractivity contribution in [1.82, 2.24) is 5.32 Å². The molecular formula is C7H13F3N2O. The largest absolute Gasteiger partial charge is 0.405 e. The molecule has 0 aromatic carbocycles. The lowest BCUT2D eigenvalue weighted by Gasteiger charge is -2.15. The molecule has 0 aliphatic rings. The van der Waals surface area contributed by atoms with Gasteiger partial charge < -0.3 is 11.1 Å². The van der Waals surface area contributed by atoms with Gasteiger partial charge in [0.2, 0.25) is 5.91 Å². The number of carbonyl (C=O) groups is 1. The number of halogens is 3. The monoisotopic (exact) mass is 198 g/mol. The Labute approximate surface area is 74.5 Å². The van der Waals surface area contributed by atoms with E-state index in [0.717, 1.165) is 0 Å². The minimum atomic E-state index is -4.38. The SMILES string of the molecule is CC(C)[C@H](N)C(=O)NCC(F)(F)F. The van der Waals surface area contributed by atoms with E-state index in [4.69, 9.17) is 5.73 Å². The number of nitrogens with one attached hydrogen (secondary N) is 1. The molecule has 78 valence electrons. The zero-order valence-corrected chi connectivity index (χ0v) is 7.48. The van der Waals surface area contributed by atoms with Gasteiger partial charge in [0.1, 0.15) is 6.54 Å². The molecule has 0 aromatic heterocycles. The lowest BCUT2D eigenvalue weighted by atomic mass is 10.1. The van der Waals surface area contributed by atoms with E-state index >= 15 is 0 Å². The third-order valence-corrected chi connectivity index (χ3v) is 1.48. The maximum absolute atomic E-state index is 11.6. The topological polar surface area (TPSA) is 55.1 Å². The van der Waals surface area contributed by atoms with E-state index in [-0.39, 0.29) is 5.92 Å². The Morgan fingerprint density at radius 3 is 2.23 bits per heavy atom. The van der Waals surface area contributed by atoms with Crippen molar-refractivity contribution in [3.05, 3.63) is 0 Å². The van der Waals surface area contributed by atoms with Gasteiger partial charge in [-0.05, 0) is 5.92 Å². The number of hydrogen-bond acceptors (Lipinski definition) is 2. The molecule has 0 aromatic rings. The average Bonchev–Trinajstić information content (AvgIpc) is 1.97. The normalized spacial score (nSPS) is 14.4. The summed E-state index contributed by atoms with van der Waals surface area (Å²) in [5.41, 5.74) is 5.31. The van der Waals surface area contributed by atoms with Crippen molar-refractivity contribution in [2.75, 3.05) is 6.54 Å². The van der Waals surface area contributed by atoms with Crippen molar-refractivity contribution in [3.63, 3.8) is 0 Å². The van der Waals surface area contributed by atoms with Crippen LogP contribution in [0.15, 0.2) is 0 Å². The lowest BCUT2D eigenvalue weighted by molar-refractivity contribution is -0.139. The highest BCUT2D eigenvalue weighted by Crippen LogP contribution is 2.12. The first-order valence-corrected chi connectivity index (χ1v) is 3.84. The Morgan fingerprint density at radius 2 is 1.92 bits per heavy atom. The van der Waals surface area contributed by atoms with Gasteiger partial charge in [-0.25, -0.2) is 0 Å². The van der Waals surface area contributed by atoms with Crippen LogP contribution >= 0.6 is 0 Å². The molecule has 1 atom stereocenters. The summed E-state index contributed by atoms with van der Waals surface area (Å²) in [4.78, 5) is 10.9. The van der Waals surface area contributed by atoms with E-state index < -0.39 is 24.7 Å². The van der Waals surface area contributed by atoms with Gasteiger partial charge in [0, 0.05) is 0 Å². The minimum absolute atomic E-state index is 0.173. The quantitative estimate of drug-likeness (QED) is 0.699. The van der Waals surface area contributed by atoms with Crippen LogP contribution < -0.4 is 11.1 Å². The number of nitrogens with two attached hydrogens (primary N) is 1. The zero-order valence-electron chi connectivity index (χ0n) is 7.48. The van der Waals surface area contributed by atoms with Crippen molar-refractivity contribution in [3.8, 4) is 0 Å². The number of rotatable bonds is 3. The van der Waals surface area contributed by atoms with Gasteiger partial charge in [-0.15, -0.1) is 0 Å². The predicted molar refractivity (Wildman–Crippen MR) is 41.9 cm³/mol. The van der Waals surface area contributed by atoms with Crippen molar-refractivity contribution < 1.29 is 18.0 Å². The predicted octanol–water partition coefficient (Wildman–Crippen LogP) is 0.648. The lowest BCUT2D eigenvalue weighted by Crippen LogP contribution is -2.46. The number of carbonyl (C=O) groups excluding carboxylic acids is 1. The van der Waals surface area contributed by atoms with Crippen LogP contribution in [0.5, 0.6) is 0 Å². The molecule has 0 aliphatic heterocycles. The molecule has 3 nitrogen and oxygen atoms in total. The molecule has 1 amide bonds. The van der Waals surface area contributed by atoms with Crippen molar-refractivity contribution >= 4 is 5.91 Å². The van der Waals surface area contributed by atoms with Crippen LogP contribution in [0.25, 0.3) is 0 Å². The third kappa shape index (κ3) is 5.46. The maximum atomic E-state index is 11.6. The fraction of sp³-hybridized carbons (Fsp3) is 0.857. The van der Waals surface area contributed by atoms with Crippen LogP contribution in [0, 0.1) is 5.92 Å². The highest BCUT2D eigenvalue weighted by Gasteiger charge is 2.29. The Hall–Kier alpha value is -0.780. The molecule has 13 heavy (non-hydrogen) atoms. The molecule has 0 fully saturated rings. The number of hydrogen-bond donors (Lipinski definition) is 2. The first-order valence-electron chi connectivity index (χ1n) is 3.84. The van der Waals surface area contributed by atoms with Crippen LogP contribution in [-0.4, -0.2) is 24.7 Å². The number of alkyl halides is 3. The summed E-state index contributed by atoms with van der Waals surface area (Å²) in [6, 6.07) is -0.887. The summed E-state index contributed by atoms with van der Waals surface area (Å²) in [6.07, 6.45) is -4.38. The van der Waals surface area contributed by atoms with Crippen LogP contribution in [0.4, 0.5) is 13.2 Å². The molecule has 0 saturated heterocycles. The molecule has 3 N–H and O–H groups in total. The second kappa shape index (κ2) is 4.45. The summed E-state index contributed by atoms with van der Waals surface area (Å²) in [7, 11) is 0. The first-order chi connectivity index (χ1) is 5.74. The standard InChI is InChI=1S/C7H13F3N2O/c1-4(2)5(11)6(13)12-3-7(8,9)10/h4-5H,3,11H2,1-2H3,(H,12,13)/t5-/m0/s1. The number of amides is 1. The molecular weight excluding hydrogens is 185 g/mol. The van der Waals surface area contributed by atoms with Gasteiger partial charge in [-0.2, -0.15) is 13.2 Å². The van der Waals surface area contributed by atoms with E-state index in [1.165, 1.54) is 0 Å². The molecule has 0 rings (SSSR count). The second-order valence-electron chi connectivity index (χ2n) is 3.10. The Balaban J connectivity index is 3.89. The van der Waals surface area contributed by atoms with E-state index in [1.54, 1.807) is 19.2 Å². The van der Waals surface area contributed by atoms with Gasteiger partial charge in [0.05, 0.1) is 6.04 Å². The Bertz CT molecular complexity index is 179. The molecule has 0 radical (unpaired) electrons. The van der Waals surface area contributed by atoms with E-state index in [2.05, 4.69) is 0 Å². The van der Waals surface area contributed by atoms with E-state index in [9.17, 15) is 18.0 Å². The van der Waals surface area contributed by atoms with Gasteiger partial charge in [0.15, 0.2) is 0 Å². The molecule has 0 saturated carbocycles. The smallest absolute Gasteiger partial charge is 0.346 e. The fourth-order valence-corrected chi connectivity index (χ4v) is 0.608. The summed E-state index contributed by atoms with van der Waals surface area (Å²) in [5, 5.41) is 1.71. The van der Waals surface area contributed by atoms with Crippen LogP contribution in [0.3, 0.4) is 0 Å². The zero-order chi connectivity index (χ0) is 10.6. The fourth-order valence-electron chi connectivity index (χ4n) is 0.608. The second-order valence-corrected chi connectivity index (χ2v) is 3.10. The van der Waals surface area contributed by atoms with Crippen LogP contribution in [0.1, 0.15) is 13.8 Å². The molecule has 0 bridgehead atoms. The van der Waals surface area contributed by atoms with Gasteiger partial charge in [-0.3, -0.25) is 4.79 Å². The van der Waals surface area contributed by atoms with Crippen LogP contribution in [-0.2, 0) is 4.79 Å². The van der Waals surface area contributed by atoms with Crippen molar-refractivity contribution in [2.24, 2.45) is 11.7 Å². The van der Waals surface area contributed by atoms with Gasteiger partial charge >= 0.3 is 6.18 Å². The molecule has 0 heterocycles. The summed E-state index contributed by atoms with van der Waals surface area (Å²) in [5.74, 6) is -0.944. The molecule has 0 aliphatic carbocycles. The summed E-state index contributed by atoms with van der Waals surface area (Å²) < 4.78 is 34.9. The maximum Gasteiger partial charge on any atom is 0.405 e. The highest BCUT2D eigenvalue weighted by molar-refractivity contribution is 5.81. The van der Waals surface area contributed by atoms with Gasteiger partial charge in [-0.1, -0.05) is 13.8 Å². The molecule has 6 heteroatoms. The average molecular weight is 198 g/mol.